The maximum absolute atomic E-state index is 13.2. The first-order valence-corrected chi connectivity index (χ1v) is 28.4. The Bertz CT molecular complexity index is 6240. The largest absolute Gasteiger partial charge is 0.456 e. The van der Waals surface area contributed by atoms with Crippen LogP contribution in [0.3, 0.4) is 0 Å². The number of para-hydroxylation sites is 6. The third kappa shape index (κ3) is 5.65. The quantitative estimate of drug-likeness (QED) is 0.164. The number of thiophene rings is 1. The number of hydrogen-bond acceptors (Lipinski definition) is 5. The van der Waals surface area contributed by atoms with Gasteiger partial charge in [0.05, 0.1) is 72.9 Å². The van der Waals surface area contributed by atoms with Gasteiger partial charge in [0.1, 0.15) is 45.1 Å². The molecule has 0 spiro atoms. The molecule has 0 radical (unpaired) electrons. The summed E-state index contributed by atoms with van der Waals surface area (Å²) in [6.07, 6.45) is 0. The highest BCUT2D eigenvalue weighted by Crippen LogP contribution is 2.56. The summed E-state index contributed by atoms with van der Waals surface area (Å²) in [7, 11) is 0. The highest BCUT2D eigenvalue weighted by molar-refractivity contribution is 7.26. The van der Waals surface area contributed by atoms with E-state index in [4.69, 9.17) is 18.1 Å². The number of rotatable bonds is 4. The molecule has 0 aliphatic rings. The Kier molecular flexibility index (Phi) is 8.66. The molecule has 8 nitrogen and oxygen atoms in total. The Morgan fingerprint density at radius 3 is 1.23 bits per heavy atom. The zero-order valence-corrected chi connectivity index (χ0v) is 44.5. The van der Waals surface area contributed by atoms with Crippen molar-refractivity contribution in [2.75, 3.05) is 0 Å². The van der Waals surface area contributed by atoms with Crippen molar-refractivity contribution in [3.8, 4) is 34.3 Å². The van der Waals surface area contributed by atoms with Gasteiger partial charge in [0.25, 0.3) is 0 Å². The van der Waals surface area contributed by atoms with E-state index in [1.54, 1.807) is 11.3 Å². The summed E-state index contributed by atoms with van der Waals surface area (Å²) in [5.74, 6) is 0. The fourth-order valence-corrected chi connectivity index (χ4v) is 15.5. The van der Waals surface area contributed by atoms with Gasteiger partial charge in [-0.15, -0.1) is 11.3 Å². The lowest BCUT2D eigenvalue weighted by Gasteiger charge is -2.27. The van der Waals surface area contributed by atoms with Crippen LogP contribution in [0.15, 0.2) is 238 Å². The van der Waals surface area contributed by atoms with Gasteiger partial charge < -0.3 is 27.0 Å². The van der Waals surface area contributed by atoms with Gasteiger partial charge >= 0.3 is 0 Å². The van der Waals surface area contributed by atoms with Crippen LogP contribution in [0.25, 0.3) is 184 Å². The zero-order valence-electron chi connectivity index (χ0n) is 43.7. The Balaban J connectivity index is 1.15. The lowest BCUT2D eigenvalue weighted by Crippen LogP contribution is -2.12. The average molecular weight is 1080 g/mol. The SMILES string of the molecule is [C-]#[N+]c1c(-c2cccc3c2sc2ccccc23)c(-n2c3ccccc3c3ccc4oc5ccccc5c4c32)c(C#N)c(-n2c3ccccc3c3ccc4oc5ccccc5c4c32)c1-n1c2ccccc2c2ccc3oc4ccccc4c3c21. The molecule has 12 aromatic carbocycles. The molecule has 19 rings (SSSR count). The molecule has 0 N–H and O–H groups in total. The average Bonchev–Trinajstić information content (AvgIpc) is 2.50. The lowest BCUT2D eigenvalue weighted by molar-refractivity contribution is 0.669. The molecular formula is C74H37N5O3S. The predicted molar refractivity (Wildman–Crippen MR) is 341 cm³/mol. The molecule has 83 heavy (non-hydrogen) atoms. The van der Waals surface area contributed by atoms with Crippen LogP contribution in [0.2, 0.25) is 0 Å². The Hall–Kier alpha value is -11.4. The molecule has 7 heterocycles. The number of benzene rings is 12. The molecule has 19 aromatic rings. The van der Waals surface area contributed by atoms with E-state index in [1.165, 1.54) is 0 Å². The molecule has 0 bridgehead atoms. The summed E-state index contributed by atoms with van der Waals surface area (Å²) in [5.41, 5.74) is 13.5. The summed E-state index contributed by atoms with van der Waals surface area (Å²) < 4.78 is 29.3. The second kappa shape index (κ2) is 16.2. The van der Waals surface area contributed by atoms with Crippen molar-refractivity contribution in [2.24, 2.45) is 0 Å². The Morgan fingerprint density at radius 1 is 0.361 bits per heavy atom. The number of nitrogens with zero attached hydrogens (tertiary/aromatic N) is 5. The molecule has 382 valence electrons. The van der Waals surface area contributed by atoms with E-state index in [0.29, 0.717) is 45.0 Å². The van der Waals surface area contributed by atoms with Crippen LogP contribution in [-0.2, 0) is 0 Å². The molecule has 0 amide bonds. The Labute approximate surface area is 473 Å². The first-order valence-electron chi connectivity index (χ1n) is 27.6. The molecule has 0 aliphatic heterocycles. The molecule has 0 unspecified atom stereocenters. The Morgan fingerprint density at radius 2 is 0.759 bits per heavy atom. The van der Waals surface area contributed by atoms with E-state index in [9.17, 15) is 11.8 Å². The third-order valence-electron chi connectivity index (χ3n) is 17.5. The normalized spacial score (nSPS) is 12.3. The van der Waals surface area contributed by atoms with Crippen LogP contribution in [0.5, 0.6) is 0 Å². The fourth-order valence-electron chi connectivity index (χ4n) is 14.3. The minimum absolute atomic E-state index is 0.371. The highest BCUT2D eigenvalue weighted by Gasteiger charge is 2.36. The monoisotopic (exact) mass is 1080 g/mol. The molecule has 0 saturated carbocycles. The van der Waals surface area contributed by atoms with Crippen molar-refractivity contribution in [2.45, 2.75) is 0 Å². The van der Waals surface area contributed by atoms with Crippen molar-refractivity contribution in [1.82, 2.24) is 13.7 Å². The molecule has 7 aromatic heterocycles. The summed E-state index contributed by atoms with van der Waals surface area (Å²) >= 11 is 1.71. The van der Waals surface area contributed by atoms with Crippen LogP contribution >= 0.6 is 11.3 Å². The van der Waals surface area contributed by atoms with Crippen molar-refractivity contribution < 1.29 is 13.3 Å². The maximum Gasteiger partial charge on any atom is 0.222 e. The van der Waals surface area contributed by atoms with Crippen LogP contribution < -0.4 is 0 Å². The first-order chi connectivity index (χ1) is 41.1. The van der Waals surface area contributed by atoms with Gasteiger partial charge in [-0.25, -0.2) is 4.85 Å². The van der Waals surface area contributed by atoms with Crippen molar-refractivity contribution in [3.05, 3.63) is 241 Å². The highest BCUT2D eigenvalue weighted by atomic mass is 32.1. The second-order valence-electron chi connectivity index (χ2n) is 21.5. The molecule has 0 atom stereocenters. The number of aromatic nitrogens is 3. The van der Waals surface area contributed by atoms with Crippen molar-refractivity contribution in [3.63, 3.8) is 0 Å². The maximum atomic E-state index is 13.2. The summed E-state index contributed by atoms with van der Waals surface area (Å²) in [5, 5.41) is 26.9. The van der Waals surface area contributed by atoms with Crippen LogP contribution in [0.4, 0.5) is 5.69 Å². The molecule has 0 aliphatic carbocycles. The van der Waals surface area contributed by atoms with Gasteiger partial charge in [0.2, 0.25) is 5.69 Å². The zero-order chi connectivity index (χ0) is 54.3. The van der Waals surface area contributed by atoms with Crippen LogP contribution in [-0.4, -0.2) is 13.7 Å². The van der Waals surface area contributed by atoms with Crippen LogP contribution in [0, 0.1) is 17.9 Å². The minimum Gasteiger partial charge on any atom is -0.456 e. The standard InChI is InChI=1S/C74H37N5O3S/c1-76-67-66(51-25-16-24-47-43-20-8-15-32-62(43)83-74(47)51)71(77-53-26-9-2-17-40(53)44-33-36-59-63(68(44)77)48-21-5-12-29-56(48)80-59)52(39-75)72(78-54-27-10-3-18-41(54)45-34-37-60-64(69(45)78)49-22-6-13-30-57(49)81-60)73(67)79-55-28-11-4-19-42(55)46-35-38-61-65(70(46)79)50-23-7-14-31-58(50)82-61/h2-38H. The number of hydrogen-bond donors (Lipinski definition) is 0. The predicted octanol–water partition coefficient (Wildman–Crippen LogP) is 21.1. The molecular weight excluding hydrogens is 1040 g/mol. The van der Waals surface area contributed by atoms with Crippen molar-refractivity contribution >= 4 is 168 Å². The summed E-state index contributed by atoms with van der Waals surface area (Å²) in [6.45, 7) is 10.2. The van der Waals surface area contributed by atoms with E-state index >= 15 is 0 Å². The van der Waals surface area contributed by atoms with E-state index in [1.807, 2.05) is 36.4 Å². The summed E-state index contributed by atoms with van der Waals surface area (Å²) in [6, 6.07) is 80.6. The van der Waals surface area contributed by atoms with Gasteiger partial charge in [-0.05, 0) is 84.4 Å². The first kappa shape index (κ1) is 44.5. The second-order valence-corrected chi connectivity index (χ2v) is 22.6. The number of fused-ring (bicyclic) bond motifs is 24. The van der Waals surface area contributed by atoms with Gasteiger partial charge in [-0.2, -0.15) is 5.26 Å². The van der Waals surface area contributed by atoms with Gasteiger partial charge in [0, 0.05) is 74.2 Å². The molecule has 0 saturated heterocycles. The minimum atomic E-state index is 0.371. The van der Waals surface area contributed by atoms with Gasteiger partial charge in [-0.1, -0.05) is 146 Å². The topological polar surface area (TPSA) is 82.4 Å². The fraction of sp³-hybridized carbons (Fsp3) is 0. The lowest BCUT2D eigenvalue weighted by atomic mass is 9.92. The van der Waals surface area contributed by atoms with Gasteiger partial charge in [0.15, 0.2) is 0 Å². The summed E-state index contributed by atoms with van der Waals surface area (Å²) in [4.78, 5) is 4.99. The smallest absolute Gasteiger partial charge is 0.222 e. The van der Waals surface area contributed by atoms with E-state index < -0.39 is 0 Å². The number of nitriles is 1. The van der Waals surface area contributed by atoms with E-state index in [-0.39, 0.29) is 0 Å². The van der Waals surface area contributed by atoms with Crippen LogP contribution in [0.1, 0.15) is 5.56 Å². The van der Waals surface area contributed by atoms with E-state index in [2.05, 4.69) is 208 Å². The van der Waals surface area contributed by atoms with E-state index in [0.717, 1.165) is 146 Å². The molecule has 9 heteroatoms. The molecule has 0 fully saturated rings. The number of furan rings is 3. The van der Waals surface area contributed by atoms with Gasteiger partial charge in [-0.3, -0.25) is 0 Å². The third-order valence-corrected chi connectivity index (χ3v) is 18.7. The van der Waals surface area contributed by atoms with Crippen molar-refractivity contribution in [1.29, 1.82) is 5.26 Å².